The molecule has 0 spiro atoms. The second kappa shape index (κ2) is 31.9. The topological polar surface area (TPSA) is 178 Å². The predicted molar refractivity (Wildman–Crippen MR) is 202 cm³/mol. The highest BCUT2D eigenvalue weighted by Crippen LogP contribution is 2.26. The summed E-state index contributed by atoms with van der Waals surface area (Å²) in [5.74, 6) is -0.409. The van der Waals surface area contributed by atoms with Gasteiger partial charge in [-0.2, -0.15) is 8.42 Å². The molecule has 0 amide bonds. The molecule has 0 aromatic heterocycles. The zero-order valence-electron chi connectivity index (χ0n) is 32.1. The fourth-order valence-electron chi connectivity index (χ4n) is 6.00. The van der Waals surface area contributed by atoms with Crippen molar-refractivity contribution in [2.24, 2.45) is 0 Å². The summed E-state index contributed by atoms with van der Waals surface area (Å²) in [5, 5.41) is 30.5. The van der Waals surface area contributed by atoms with Gasteiger partial charge in [0.15, 0.2) is 6.29 Å². The van der Waals surface area contributed by atoms with Crippen LogP contribution in [0.3, 0.4) is 0 Å². The Bertz CT molecular complexity index is 1020. The third-order valence-corrected chi connectivity index (χ3v) is 9.54. The van der Waals surface area contributed by atoms with Gasteiger partial charge in [0.05, 0.1) is 19.8 Å². The van der Waals surface area contributed by atoms with Crippen LogP contribution in [0.2, 0.25) is 0 Å². The standard InChI is InChI=1S/C39H72O12S/c1-3-5-7-9-11-13-14-15-16-17-18-19-20-21-23-25-27-29-47-31-33(49-35(41)28-26-24-22-12-10-8-6-4-2)32-48-39-37(43)38(51-52(44,45)46)36(42)34(30-40)50-39/h13-14,16-17,33-34,36-40,42-43H,3-12,15,18-32H2,1-2H3,(H,44,45,46)/b14-13-,17-16-. The number of aliphatic hydroxyl groups is 3. The summed E-state index contributed by atoms with van der Waals surface area (Å²) in [6, 6.07) is 0. The average molecular weight is 765 g/mol. The lowest BCUT2D eigenvalue weighted by Crippen LogP contribution is -2.60. The number of unbranched alkanes of at least 4 members (excludes halogenated alkanes) is 17. The molecule has 0 saturated carbocycles. The van der Waals surface area contributed by atoms with Crippen molar-refractivity contribution in [3.63, 3.8) is 0 Å². The molecular formula is C39H72O12S. The molecule has 1 aliphatic heterocycles. The minimum atomic E-state index is -5.05. The maximum absolute atomic E-state index is 12.7. The summed E-state index contributed by atoms with van der Waals surface area (Å²) in [6.07, 6.45) is 23.8. The summed E-state index contributed by atoms with van der Waals surface area (Å²) in [7, 11) is -5.05. The van der Waals surface area contributed by atoms with Gasteiger partial charge in [0.2, 0.25) is 0 Å². The molecule has 0 radical (unpaired) electrons. The molecule has 13 heteroatoms. The molecule has 306 valence electrons. The first kappa shape index (κ1) is 48.6. The SMILES string of the molecule is CCCCCC/C=C\C/C=C\CCCCCCCCOCC(COC1OC(CO)C(O)C(OS(=O)(=O)O)C1O)OC(=O)CCCCCCCCCC. The Kier molecular flexibility index (Phi) is 29.8. The van der Waals surface area contributed by atoms with Crippen molar-refractivity contribution in [3.8, 4) is 0 Å². The van der Waals surface area contributed by atoms with E-state index in [2.05, 4.69) is 42.3 Å². The molecule has 6 atom stereocenters. The van der Waals surface area contributed by atoms with Crippen molar-refractivity contribution in [2.75, 3.05) is 26.4 Å². The van der Waals surface area contributed by atoms with Crippen LogP contribution in [0.5, 0.6) is 0 Å². The van der Waals surface area contributed by atoms with E-state index in [0.717, 1.165) is 57.8 Å². The van der Waals surface area contributed by atoms with Crippen LogP contribution in [0.15, 0.2) is 24.3 Å². The molecule has 1 rings (SSSR count). The van der Waals surface area contributed by atoms with Crippen LogP contribution in [0.25, 0.3) is 0 Å². The Hall–Kier alpha value is -1.42. The van der Waals surface area contributed by atoms with Gasteiger partial charge < -0.3 is 34.3 Å². The monoisotopic (exact) mass is 764 g/mol. The van der Waals surface area contributed by atoms with Crippen LogP contribution in [0.1, 0.15) is 155 Å². The first-order valence-electron chi connectivity index (χ1n) is 20.1. The average Bonchev–Trinajstić information content (AvgIpc) is 3.11. The number of aliphatic hydroxyl groups excluding tert-OH is 3. The predicted octanol–water partition coefficient (Wildman–Crippen LogP) is 7.29. The Labute approximate surface area is 314 Å². The zero-order chi connectivity index (χ0) is 38.3. The van der Waals surface area contributed by atoms with E-state index in [0.29, 0.717) is 13.0 Å². The van der Waals surface area contributed by atoms with Gasteiger partial charge in [-0.15, -0.1) is 0 Å². The highest BCUT2D eigenvalue weighted by Gasteiger charge is 2.48. The van der Waals surface area contributed by atoms with Crippen molar-refractivity contribution in [2.45, 2.75) is 192 Å². The van der Waals surface area contributed by atoms with Gasteiger partial charge in [0, 0.05) is 13.0 Å². The molecular weight excluding hydrogens is 692 g/mol. The zero-order valence-corrected chi connectivity index (χ0v) is 32.9. The van der Waals surface area contributed by atoms with Crippen molar-refractivity contribution in [3.05, 3.63) is 24.3 Å². The molecule has 0 bridgehead atoms. The van der Waals surface area contributed by atoms with E-state index in [1.807, 2.05) is 0 Å². The van der Waals surface area contributed by atoms with E-state index in [9.17, 15) is 28.5 Å². The number of allylic oxidation sites excluding steroid dienone is 4. The van der Waals surface area contributed by atoms with Crippen LogP contribution in [-0.2, 0) is 38.3 Å². The van der Waals surface area contributed by atoms with Gasteiger partial charge in [0.25, 0.3) is 0 Å². The number of ether oxygens (including phenoxy) is 4. The fourth-order valence-corrected chi connectivity index (χ4v) is 6.50. The molecule has 4 N–H and O–H groups in total. The number of carbonyl (C=O) groups is 1. The third kappa shape index (κ3) is 25.6. The van der Waals surface area contributed by atoms with E-state index in [-0.39, 0.29) is 19.6 Å². The lowest BCUT2D eigenvalue weighted by atomic mass is 9.99. The van der Waals surface area contributed by atoms with E-state index in [4.69, 9.17) is 23.5 Å². The maximum Gasteiger partial charge on any atom is 0.397 e. The highest BCUT2D eigenvalue weighted by atomic mass is 32.3. The Morgan fingerprint density at radius 1 is 0.731 bits per heavy atom. The smallest absolute Gasteiger partial charge is 0.397 e. The first-order chi connectivity index (χ1) is 25.1. The van der Waals surface area contributed by atoms with Crippen LogP contribution < -0.4 is 0 Å². The third-order valence-electron chi connectivity index (χ3n) is 9.08. The van der Waals surface area contributed by atoms with Gasteiger partial charge in [-0.1, -0.05) is 128 Å². The fraction of sp³-hybridized carbons (Fsp3) is 0.872. The largest absolute Gasteiger partial charge is 0.457 e. The van der Waals surface area contributed by atoms with Crippen LogP contribution in [0, 0.1) is 0 Å². The lowest BCUT2D eigenvalue weighted by molar-refractivity contribution is -0.301. The normalized spacial score (nSPS) is 21.7. The van der Waals surface area contributed by atoms with Crippen molar-refractivity contribution < 1.29 is 56.2 Å². The highest BCUT2D eigenvalue weighted by molar-refractivity contribution is 7.80. The van der Waals surface area contributed by atoms with Crippen molar-refractivity contribution in [1.82, 2.24) is 0 Å². The molecule has 0 aromatic carbocycles. The number of hydrogen-bond donors (Lipinski definition) is 4. The molecule has 1 aliphatic rings. The van der Waals surface area contributed by atoms with Gasteiger partial charge in [-0.3, -0.25) is 9.35 Å². The quantitative estimate of drug-likeness (QED) is 0.0223. The number of hydrogen-bond acceptors (Lipinski definition) is 11. The van der Waals surface area contributed by atoms with Crippen molar-refractivity contribution >= 4 is 16.4 Å². The van der Waals surface area contributed by atoms with Crippen LogP contribution >= 0.6 is 0 Å². The summed E-state index contributed by atoms with van der Waals surface area (Å²) < 4.78 is 58.7. The maximum atomic E-state index is 12.7. The number of rotatable bonds is 34. The van der Waals surface area contributed by atoms with Crippen LogP contribution in [0.4, 0.5) is 0 Å². The Morgan fingerprint density at radius 3 is 1.85 bits per heavy atom. The number of esters is 1. The minimum Gasteiger partial charge on any atom is -0.457 e. The molecule has 0 aliphatic carbocycles. The minimum absolute atomic E-state index is 0.0311. The van der Waals surface area contributed by atoms with E-state index in [1.54, 1.807) is 0 Å². The summed E-state index contributed by atoms with van der Waals surface area (Å²) in [4.78, 5) is 12.7. The Balaban J connectivity index is 2.45. The second-order valence-electron chi connectivity index (χ2n) is 13.9. The van der Waals surface area contributed by atoms with E-state index >= 15 is 0 Å². The lowest BCUT2D eigenvalue weighted by Gasteiger charge is -2.41. The van der Waals surface area contributed by atoms with E-state index in [1.165, 1.54) is 70.6 Å². The van der Waals surface area contributed by atoms with Gasteiger partial charge in [0.1, 0.15) is 30.5 Å². The van der Waals surface area contributed by atoms with Gasteiger partial charge >= 0.3 is 16.4 Å². The molecule has 52 heavy (non-hydrogen) atoms. The second-order valence-corrected chi connectivity index (χ2v) is 14.9. The van der Waals surface area contributed by atoms with E-state index < -0.39 is 59.8 Å². The first-order valence-corrected chi connectivity index (χ1v) is 21.5. The molecule has 1 heterocycles. The molecule has 0 aromatic rings. The summed E-state index contributed by atoms with van der Waals surface area (Å²) in [5.41, 5.74) is 0. The van der Waals surface area contributed by atoms with Crippen LogP contribution in [-0.4, -0.2) is 97.5 Å². The molecule has 12 nitrogen and oxygen atoms in total. The van der Waals surface area contributed by atoms with Gasteiger partial charge in [-0.25, -0.2) is 4.18 Å². The Morgan fingerprint density at radius 2 is 1.27 bits per heavy atom. The number of carbonyl (C=O) groups excluding carboxylic acids is 1. The summed E-state index contributed by atoms with van der Waals surface area (Å²) >= 11 is 0. The van der Waals surface area contributed by atoms with Crippen molar-refractivity contribution in [1.29, 1.82) is 0 Å². The molecule has 1 saturated heterocycles. The van der Waals surface area contributed by atoms with Gasteiger partial charge in [-0.05, 0) is 44.9 Å². The molecule has 6 unspecified atom stereocenters. The molecule has 1 fully saturated rings. The summed E-state index contributed by atoms with van der Waals surface area (Å²) in [6.45, 7) is 3.90.